The van der Waals surface area contributed by atoms with E-state index in [4.69, 9.17) is 0 Å². The second kappa shape index (κ2) is 3.18. The van der Waals surface area contributed by atoms with Gasteiger partial charge in [0.15, 0.2) is 0 Å². The van der Waals surface area contributed by atoms with Gasteiger partial charge in [-0.2, -0.15) is 11.8 Å². The zero-order valence-electron chi connectivity index (χ0n) is 7.55. The summed E-state index contributed by atoms with van der Waals surface area (Å²) in [6.45, 7) is 4.40. The highest BCUT2D eigenvalue weighted by molar-refractivity contribution is 7.99. The summed E-state index contributed by atoms with van der Waals surface area (Å²) < 4.78 is 0. The minimum Gasteiger partial charge on any atom is -0.306 e. The van der Waals surface area contributed by atoms with Gasteiger partial charge < -0.3 is 5.43 Å². The molecular formula is C8H15N3S. The number of nitrogens with zero attached hydrogens (tertiary/aromatic N) is 1. The Morgan fingerprint density at radius 2 is 2.33 bits per heavy atom. The normalized spacial score (nSPS) is 23.1. The van der Waals surface area contributed by atoms with Crippen molar-refractivity contribution in [1.82, 2.24) is 16.0 Å². The van der Waals surface area contributed by atoms with Crippen LogP contribution in [0.15, 0.2) is 11.4 Å². The highest BCUT2D eigenvalue weighted by atomic mass is 32.2. The van der Waals surface area contributed by atoms with E-state index in [1.807, 2.05) is 11.8 Å². The summed E-state index contributed by atoms with van der Waals surface area (Å²) in [5.41, 5.74) is 9.26. The molecule has 4 heteroatoms. The maximum atomic E-state index is 3.23. The van der Waals surface area contributed by atoms with Gasteiger partial charge in [-0.25, -0.2) is 0 Å². The minimum absolute atomic E-state index is 0.531. The molecule has 0 saturated heterocycles. The summed E-state index contributed by atoms with van der Waals surface area (Å²) in [6, 6.07) is 0.531. The molecule has 68 valence electrons. The third kappa shape index (κ3) is 1.29. The van der Waals surface area contributed by atoms with Crippen LogP contribution in [0, 0.1) is 0 Å². The first-order chi connectivity index (χ1) is 5.79. The number of hydrogen-bond donors (Lipinski definition) is 2. The standard InChI is InChI=1S/C8H15N3S/c1-6(2)11-8-5-12-4-3-7(8)9-10-11/h6,9-10H,3-5H2,1-2H3. The summed E-state index contributed by atoms with van der Waals surface area (Å²) in [5.74, 6) is 2.40. The van der Waals surface area contributed by atoms with Gasteiger partial charge in [0.05, 0.1) is 11.4 Å². The van der Waals surface area contributed by atoms with E-state index in [0.29, 0.717) is 6.04 Å². The fraction of sp³-hybridized carbons (Fsp3) is 0.750. The molecule has 12 heavy (non-hydrogen) atoms. The molecule has 2 aliphatic rings. The molecule has 0 amide bonds. The number of hydrogen-bond acceptors (Lipinski definition) is 4. The number of thioether (sulfide) groups is 1. The number of nitrogens with one attached hydrogen (secondary N) is 2. The first-order valence-corrected chi connectivity index (χ1v) is 5.55. The van der Waals surface area contributed by atoms with Crippen molar-refractivity contribution in [2.24, 2.45) is 0 Å². The molecule has 0 bridgehead atoms. The Morgan fingerprint density at radius 1 is 1.50 bits per heavy atom. The van der Waals surface area contributed by atoms with Gasteiger partial charge in [-0.1, -0.05) is 0 Å². The van der Waals surface area contributed by atoms with E-state index in [2.05, 4.69) is 29.8 Å². The monoisotopic (exact) mass is 185 g/mol. The van der Waals surface area contributed by atoms with E-state index in [-0.39, 0.29) is 0 Å². The molecule has 0 aromatic heterocycles. The van der Waals surface area contributed by atoms with Crippen LogP contribution in [-0.4, -0.2) is 22.6 Å². The quantitative estimate of drug-likeness (QED) is 0.639. The van der Waals surface area contributed by atoms with Crippen LogP contribution in [0.5, 0.6) is 0 Å². The van der Waals surface area contributed by atoms with Crippen LogP contribution in [0.4, 0.5) is 0 Å². The van der Waals surface area contributed by atoms with Crippen LogP contribution in [0.1, 0.15) is 20.3 Å². The molecule has 0 saturated carbocycles. The smallest absolute Gasteiger partial charge is 0.0617 e. The highest BCUT2D eigenvalue weighted by Crippen LogP contribution is 2.27. The van der Waals surface area contributed by atoms with Crippen LogP contribution >= 0.6 is 11.8 Å². The van der Waals surface area contributed by atoms with Gasteiger partial charge >= 0.3 is 0 Å². The zero-order chi connectivity index (χ0) is 8.55. The van der Waals surface area contributed by atoms with E-state index < -0.39 is 0 Å². The van der Waals surface area contributed by atoms with Gasteiger partial charge in [0.1, 0.15) is 0 Å². The Hall–Kier alpha value is -0.350. The van der Waals surface area contributed by atoms with Gasteiger partial charge in [-0.05, 0) is 26.0 Å². The third-order valence-corrected chi connectivity index (χ3v) is 3.19. The van der Waals surface area contributed by atoms with Gasteiger partial charge in [-0.15, -0.1) is 5.53 Å². The minimum atomic E-state index is 0.531. The molecule has 0 aliphatic carbocycles. The van der Waals surface area contributed by atoms with Crippen molar-refractivity contribution in [3.05, 3.63) is 11.4 Å². The highest BCUT2D eigenvalue weighted by Gasteiger charge is 2.25. The van der Waals surface area contributed by atoms with E-state index in [9.17, 15) is 0 Å². The molecule has 0 radical (unpaired) electrons. The largest absolute Gasteiger partial charge is 0.306 e. The second-order valence-electron chi connectivity index (χ2n) is 3.43. The summed E-state index contributed by atoms with van der Waals surface area (Å²) in [4.78, 5) is 0. The molecule has 0 aromatic carbocycles. The van der Waals surface area contributed by atoms with E-state index in [1.54, 1.807) is 0 Å². The Bertz CT molecular complexity index is 212. The summed E-state index contributed by atoms with van der Waals surface area (Å²) in [7, 11) is 0. The van der Waals surface area contributed by atoms with Crippen molar-refractivity contribution in [2.75, 3.05) is 11.5 Å². The molecule has 2 N–H and O–H groups in total. The SMILES string of the molecule is CC(C)N1NNC2=C1CSCC2. The van der Waals surface area contributed by atoms with Gasteiger partial charge in [0.2, 0.25) is 0 Å². The summed E-state index contributed by atoms with van der Waals surface area (Å²) in [6.07, 6.45) is 1.18. The second-order valence-corrected chi connectivity index (χ2v) is 4.53. The van der Waals surface area contributed by atoms with Crippen molar-refractivity contribution in [1.29, 1.82) is 0 Å². The van der Waals surface area contributed by atoms with Crippen molar-refractivity contribution >= 4 is 11.8 Å². The van der Waals surface area contributed by atoms with Gasteiger partial charge in [-0.3, -0.25) is 5.01 Å². The summed E-state index contributed by atoms with van der Waals surface area (Å²) in [5, 5.41) is 2.22. The van der Waals surface area contributed by atoms with Crippen LogP contribution in [0.3, 0.4) is 0 Å². The third-order valence-electron chi connectivity index (χ3n) is 2.22. The molecular weight excluding hydrogens is 170 g/mol. The Kier molecular flexibility index (Phi) is 2.19. The number of hydrazine groups is 2. The van der Waals surface area contributed by atoms with Crippen LogP contribution < -0.4 is 11.0 Å². The van der Waals surface area contributed by atoms with Gasteiger partial charge in [0.25, 0.3) is 0 Å². The number of rotatable bonds is 1. The summed E-state index contributed by atoms with van der Waals surface area (Å²) >= 11 is 2.01. The fourth-order valence-corrected chi connectivity index (χ4v) is 2.56. The predicted octanol–water partition coefficient (Wildman–Crippen LogP) is 1.07. The molecule has 3 nitrogen and oxygen atoms in total. The lowest BCUT2D eigenvalue weighted by molar-refractivity contribution is 0.203. The van der Waals surface area contributed by atoms with Crippen LogP contribution in [0.2, 0.25) is 0 Å². The van der Waals surface area contributed by atoms with E-state index in [1.165, 1.54) is 23.6 Å². The Morgan fingerprint density at radius 3 is 3.08 bits per heavy atom. The molecule has 0 atom stereocenters. The van der Waals surface area contributed by atoms with Crippen molar-refractivity contribution in [3.8, 4) is 0 Å². The van der Waals surface area contributed by atoms with Crippen molar-refractivity contribution in [2.45, 2.75) is 26.3 Å². The van der Waals surface area contributed by atoms with Crippen LogP contribution in [-0.2, 0) is 0 Å². The topological polar surface area (TPSA) is 27.3 Å². The lowest BCUT2D eigenvalue weighted by Crippen LogP contribution is -2.42. The lowest BCUT2D eigenvalue weighted by atomic mass is 10.2. The average molecular weight is 185 g/mol. The maximum Gasteiger partial charge on any atom is 0.0617 e. The first-order valence-electron chi connectivity index (χ1n) is 4.39. The van der Waals surface area contributed by atoms with Crippen molar-refractivity contribution in [3.63, 3.8) is 0 Å². The maximum absolute atomic E-state index is 3.23. The molecule has 2 rings (SSSR count). The number of allylic oxidation sites excluding steroid dienone is 1. The molecule has 2 aliphatic heterocycles. The Balaban J connectivity index is 2.16. The lowest BCUT2D eigenvalue weighted by Gasteiger charge is -2.25. The Labute approximate surface area is 77.5 Å². The zero-order valence-corrected chi connectivity index (χ0v) is 8.37. The average Bonchev–Trinajstić information content (AvgIpc) is 2.47. The van der Waals surface area contributed by atoms with E-state index >= 15 is 0 Å². The fourth-order valence-electron chi connectivity index (χ4n) is 1.56. The molecule has 0 aromatic rings. The predicted molar refractivity (Wildman–Crippen MR) is 52.2 cm³/mol. The molecule has 2 heterocycles. The van der Waals surface area contributed by atoms with Gasteiger partial charge in [0, 0.05) is 11.8 Å². The van der Waals surface area contributed by atoms with Crippen LogP contribution in [0.25, 0.3) is 0 Å². The molecule has 0 unspecified atom stereocenters. The first kappa shape index (κ1) is 8.26. The van der Waals surface area contributed by atoms with Crippen molar-refractivity contribution < 1.29 is 0 Å². The molecule has 0 spiro atoms. The van der Waals surface area contributed by atoms with E-state index in [0.717, 1.165) is 5.75 Å². The molecule has 0 fully saturated rings.